The van der Waals surface area contributed by atoms with Crippen molar-refractivity contribution in [2.24, 2.45) is 5.73 Å². The molecular formula is C14H16N2O2S. The zero-order valence-electron chi connectivity index (χ0n) is 10.7. The van der Waals surface area contributed by atoms with Crippen molar-refractivity contribution in [3.8, 4) is 0 Å². The number of rotatable bonds is 5. The minimum Gasteiger partial charge on any atom is -0.461 e. The van der Waals surface area contributed by atoms with E-state index in [0.29, 0.717) is 18.7 Å². The number of benzene rings is 1. The Bertz CT molecular complexity index is 539. The molecule has 2 N–H and O–H groups in total. The average molecular weight is 276 g/mol. The summed E-state index contributed by atoms with van der Waals surface area (Å²) in [5.41, 5.74) is 7.55. The van der Waals surface area contributed by atoms with Crippen molar-refractivity contribution in [2.45, 2.75) is 19.4 Å². The van der Waals surface area contributed by atoms with Crippen molar-refractivity contribution in [1.82, 2.24) is 4.98 Å². The summed E-state index contributed by atoms with van der Waals surface area (Å²) < 4.78 is 4.90. The molecule has 1 heterocycles. The van der Waals surface area contributed by atoms with Gasteiger partial charge < -0.3 is 10.5 Å². The van der Waals surface area contributed by atoms with E-state index in [9.17, 15) is 4.79 Å². The fourth-order valence-corrected chi connectivity index (χ4v) is 2.53. The third-order valence-corrected chi connectivity index (χ3v) is 3.53. The minimum absolute atomic E-state index is 0.109. The van der Waals surface area contributed by atoms with Crippen LogP contribution >= 0.6 is 11.3 Å². The van der Waals surface area contributed by atoms with E-state index in [1.165, 1.54) is 11.3 Å². The van der Waals surface area contributed by atoms with Gasteiger partial charge in [-0.3, -0.25) is 0 Å². The number of ether oxygens (including phenoxy) is 1. The first kappa shape index (κ1) is 13.7. The highest BCUT2D eigenvalue weighted by Crippen LogP contribution is 2.19. The van der Waals surface area contributed by atoms with E-state index in [0.717, 1.165) is 10.6 Å². The Balaban J connectivity index is 2.02. The summed E-state index contributed by atoms with van der Waals surface area (Å²) in [5.74, 6) is -0.377. The molecule has 4 nitrogen and oxygen atoms in total. The lowest BCUT2D eigenvalue weighted by Crippen LogP contribution is -2.13. The van der Waals surface area contributed by atoms with Gasteiger partial charge in [-0.1, -0.05) is 30.3 Å². The van der Waals surface area contributed by atoms with Crippen LogP contribution in [0.1, 0.15) is 34.0 Å². The highest BCUT2D eigenvalue weighted by atomic mass is 32.1. The van der Waals surface area contributed by atoms with Crippen molar-refractivity contribution in [3.05, 3.63) is 52.0 Å². The largest absolute Gasteiger partial charge is 0.461 e. The van der Waals surface area contributed by atoms with E-state index in [2.05, 4.69) is 4.98 Å². The summed E-state index contributed by atoms with van der Waals surface area (Å²) in [4.78, 5) is 15.8. The van der Waals surface area contributed by atoms with Gasteiger partial charge in [-0.15, -0.1) is 11.3 Å². The van der Waals surface area contributed by atoms with Crippen LogP contribution in [0.2, 0.25) is 0 Å². The Labute approximate surface area is 116 Å². The molecule has 19 heavy (non-hydrogen) atoms. The molecule has 0 saturated carbocycles. The maximum Gasteiger partial charge on any atom is 0.357 e. The summed E-state index contributed by atoms with van der Waals surface area (Å²) in [5, 5.41) is 2.56. The SMILES string of the molecule is CCOC(=O)c1csc(CC(N)c2ccccc2)n1. The van der Waals surface area contributed by atoms with Crippen molar-refractivity contribution < 1.29 is 9.53 Å². The lowest BCUT2D eigenvalue weighted by atomic mass is 10.1. The number of esters is 1. The fourth-order valence-electron chi connectivity index (χ4n) is 1.71. The van der Waals surface area contributed by atoms with E-state index in [1.54, 1.807) is 12.3 Å². The van der Waals surface area contributed by atoms with Gasteiger partial charge in [-0.05, 0) is 12.5 Å². The number of nitrogens with zero attached hydrogens (tertiary/aromatic N) is 1. The third kappa shape index (κ3) is 3.62. The molecule has 1 atom stereocenters. The molecule has 1 aromatic carbocycles. The lowest BCUT2D eigenvalue weighted by Gasteiger charge is -2.09. The monoisotopic (exact) mass is 276 g/mol. The normalized spacial score (nSPS) is 12.1. The topological polar surface area (TPSA) is 65.2 Å². The van der Waals surface area contributed by atoms with Gasteiger partial charge in [0.1, 0.15) is 0 Å². The van der Waals surface area contributed by atoms with Crippen LogP contribution < -0.4 is 5.73 Å². The Morgan fingerprint density at radius 1 is 1.42 bits per heavy atom. The van der Waals surface area contributed by atoms with Gasteiger partial charge in [0.25, 0.3) is 0 Å². The number of hydrogen-bond acceptors (Lipinski definition) is 5. The Morgan fingerprint density at radius 2 is 2.16 bits per heavy atom. The Hall–Kier alpha value is -1.72. The zero-order chi connectivity index (χ0) is 13.7. The number of hydrogen-bond donors (Lipinski definition) is 1. The maximum absolute atomic E-state index is 11.5. The second-order valence-electron chi connectivity index (χ2n) is 4.07. The molecule has 2 rings (SSSR count). The molecule has 0 aliphatic rings. The van der Waals surface area contributed by atoms with Gasteiger partial charge in [0, 0.05) is 17.8 Å². The van der Waals surface area contributed by atoms with Crippen molar-refractivity contribution in [2.75, 3.05) is 6.61 Å². The minimum atomic E-state index is -0.377. The van der Waals surface area contributed by atoms with E-state index in [-0.39, 0.29) is 12.0 Å². The second-order valence-corrected chi connectivity index (χ2v) is 5.01. The molecule has 1 aromatic heterocycles. The van der Waals surface area contributed by atoms with Crippen molar-refractivity contribution in [3.63, 3.8) is 0 Å². The van der Waals surface area contributed by atoms with Gasteiger partial charge in [-0.25, -0.2) is 9.78 Å². The van der Waals surface area contributed by atoms with Crippen molar-refractivity contribution >= 4 is 17.3 Å². The van der Waals surface area contributed by atoms with Gasteiger partial charge >= 0.3 is 5.97 Å². The Morgan fingerprint density at radius 3 is 2.84 bits per heavy atom. The van der Waals surface area contributed by atoms with Gasteiger partial charge in [-0.2, -0.15) is 0 Å². The van der Waals surface area contributed by atoms with Crippen molar-refractivity contribution in [1.29, 1.82) is 0 Å². The summed E-state index contributed by atoms with van der Waals surface area (Å²) in [6.45, 7) is 2.13. The fraction of sp³-hybridized carbons (Fsp3) is 0.286. The number of thiazole rings is 1. The molecule has 0 spiro atoms. The van der Waals surface area contributed by atoms with Crippen LogP contribution in [0.15, 0.2) is 35.7 Å². The van der Waals surface area contributed by atoms with Crippen LogP contribution in [0.25, 0.3) is 0 Å². The predicted molar refractivity (Wildman–Crippen MR) is 75.1 cm³/mol. The molecule has 0 amide bonds. The zero-order valence-corrected chi connectivity index (χ0v) is 11.5. The van der Waals surface area contributed by atoms with Crippen LogP contribution in [-0.2, 0) is 11.2 Å². The lowest BCUT2D eigenvalue weighted by molar-refractivity contribution is 0.0520. The van der Waals surface area contributed by atoms with E-state index >= 15 is 0 Å². The number of carbonyl (C=O) groups excluding carboxylic acids is 1. The molecule has 2 aromatic rings. The standard InChI is InChI=1S/C14H16N2O2S/c1-2-18-14(17)12-9-19-13(16-12)8-11(15)10-6-4-3-5-7-10/h3-7,9,11H,2,8,15H2,1H3. The first-order valence-electron chi connectivity index (χ1n) is 6.12. The van der Waals surface area contributed by atoms with E-state index in [4.69, 9.17) is 10.5 Å². The molecule has 100 valence electrons. The van der Waals surface area contributed by atoms with Crippen LogP contribution in [-0.4, -0.2) is 17.6 Å². The summed E-state index contributed by atoms with van der Waals surface area (Å²) >= 11 is 1.43. The molecule has 0 aliphatic heterocycles. The van der Waals surface area contributed by atoms with Gasteiger partial charge in [0.2, 0.25) is 0 Å². The predicted octanol–water partition coefficient (Wildman–Crippen LogP) is 2.56. The summed E-state index contributed by atoms with van der Waals surface area (Å²) in [7, 11) is 0. The smallest absolute Gasteiger partial charge is 0.357 e. The number of carbonyl (C=O) groups is 1. The highest BCUT2D eigenvalue weighted by molar-refractivity contribution is 7.09. The van der Waals surface area contributed by atoms with Gasteiger partial charge in [0.05, 0.1) is 11.6 Å². The molecule has 0 aliphatic carbocycles. The molecular weight excluding hydrogens is 260 g/mol. The maximum atomic E-state index is 11.5. The summed E-state index contributed by atoms with van der Waals surface area (Å²) in [6.07, 6.45) is 0.619. The molecule has 0 radical (unpaired) electrons. The first-order chi connectivity index (χ1) is 9.20. The first-order valence-corrected chi connectivity index (χ1v) is 7.00. The highest BCUT2D eigenvalue weighted by Gasteiger charge is 2.14. The third-order valence-electron chi connectivity index (χ3n) is 2.66. The molecule has 1 unspecified atom stereocenters. The van der Waals surface area contributed by atoms with Crippen LogP contribution in [0.5, 0.6) is 0 Å². The van der Waals surface area contributed by atoms with E-state index in [1.807, 2.05) is 30.3 Å². The quantitative estimate of drug-likeness (QED) is 0.852. The number of nitrogens with two attached hydrogens (primary N) is 1. The molecule has 0 saturated heterocycles. The average Bonchev–Trinajstić information content (AvgIpc) is 2.88. The Kier molecular flexibility index (Phi) is 4.65. The van der Waals surface area contributed by atoms with Gasteiger partial charge in [0.15, 0.2) is 5.69 Å². The molecule has 0 fully saturated rings. The molecule has 5 heteroatoms. The number of aromatic nitrogens is 1. The van der Waals surface area contributed by atoms with Crippen LogP contribution in [0, 0.1) is 0 Å². The molecule has 0 bridgehead atoms. The van der Waals surface area contributed by atoms with Crippen LogP contribution in [0.4, 0.5) is 0 Å². The van der Waals surface area contributed by atoms with E-state index < -0.39 is 0 Å². The van der Waals surface area contributed by atoms with Crippen LogP contribution in [0.3, 0.4) is 0 Å². The summed E-state index contributed by atoms with van der Waals surface area (Å²) in [6, 6.07) is 9.75. The second kappa shape index (κ2) is 6.45.